The molecule has 1 atom stereocenters. The van der Waals surface area contributed by atoms with Crippen molar-refractivity contribution in [3.8, 4) is 0 Å². The van der Waals surface area contributed by atoms with Gasteiger partial charge in [0, 0.05) is 18.2 Å². The van der Waals surface area contributed by atoms with Crippen LogP contribution in [0.3, 0.4) is 0 Å². The Morgan fingerprint density at radius 2 is 2.17 bits per heavy atom. The number of halogens is 2. The van der Waals surface area contributed by atoms with Crippen molar-refractivity contribution in [2.24, 2.45) is 0 Å². The van der Waals surface area contributed by atoms with E-state index in [2.05, 4.69) is 20.6 Å². The van der Waals surface area contributed by atoms with Crippen molar-refractivity contribution in [1.29, 1.82) is 0 Å². The first-order valence-electron chi connectivity index (χ1n) is 7.56. The molecule has 2 heterocycles. The third-order valence-corrected chi connectivity index (χ3v) is 4.15. The molecule has 0 spiro atoms. The molecule has 3 rings (SSSR count). The molecule has 1 amide bonds. The number of amides is 1. The van der Waals surface area contributed by atoms with Crippen LogP contribution in [0.1, 0.15) is 23.3 Å². The molecule has 6 nitrogen and oxygen atoms in total. The van der Waals surface area contributed by atoms with Crippen molar-refractivity contribution in [2.45, 2.75) is 18.9 Å². The molecule has 0 saturated carbocycles. The zero-order valence-electron chi connectivity index (χ0n) is 12.8. The zero-order chi connectivity index (χ0) is 16.9. The van der Waals surface area contributed by atoms with Crippen molar-refractivity contribution in [3.63, 3.8) is 0 Å². The van der Waals surface area contributed by atoms with Gasteiger partial charge in [-0.05, 0) is 31.0 Å². The predicted octanol–water partition coefficient (Wildman–Crippen LogP) is 3.63. The third-order valence-electron chi connectivity index (χ3n) is 3.60. The standard InChI is InChI=1S/C16H16Cl2N4O2/c17-10-3-4-13(12(18)6-10)22-16(23)14-8-21-15(9-19-14)20-7-11-2-1-5-24-11/h3-4,6,8-9,11H,1-2,5,7H2,(H,20,21)(H,22,23). The van der Waals surface area contributed by atoms with Crippen LogP contribution in [0.15, 0.2) is 30.6 Å². The number of ether oxygens (including phenoxy) is 1. The number of rotatable bonds is 5. The minimum atomic E-state index is -0.391. The van der Waals surface area contributed by atoms with Crippen LogP contribution < -0.4 is 10.6 Å². The average Bonchev–Trinajstić information content (AvgIpc) is 3.09. The van der Waals surface area contributed by atoms with E-state index in [4.69, 9.17) is 27.9 Å². The molecule has 1 unspecified atom stereocenters. The van der Waals surface area contributed by atoms with Crippen LogP contribution in [-0.2, 0) is 4.74 Å². The second kappa shape index (κ2) is 7.79. The lowest BCUT2D eigenvalue weighted by atomic mass is 10.2. The van der Waals surface area contributed by atoms with Crippen LogP contribution in [0.4, 0.5) is 11.5 Å². The first-order chi connectivity index (χ1) is 11.6. The molecular weight excluding hydrogens is 351 g/mol. The van der Waals surface area contributed by atoms with Gasteiger partial charge in [0.1, 0.15) is 11.5 Å². The SMILES string of the molecule is O=C(Nc1ccc(Cl)cc1Cl)c1cnc(NCC2CCCO2)cn1. The molecule has 0 radical (unpaired) electrons. The highest BCUT2D eigenvalue weighted by atomic mass is 35.5. The Balaban J connectivity index is 1.58. The third kappa shape index (κ3) is 4.35. The summed E-state index contributed by atoms with van der Waals surface area (Å²) in [7, 11) is 0. The Labute approximate surface area is 149 Å². The van der Waals surface area contributed by atoms with Crippen molar-refractivity contribution in [2.75, 3.05) is 23.8 Å². The Kier molecular flexibility index (Phi) is 5.50. The first-order valence-corrected chi connectivity index (χ1v) is 8.31. The summed E-state index contributed by atoms with van der Waals surface area (Å²) in [5.74, 6) is 0.212. The number of nitrogens with one attached hydrogen (secondary N) is 2. The molecular formula is C16H16Cl2N4O2. The molecule has 1 aliphatic heterocycles. The molecule has 24 heavy (non-hydrogen) atoms. The first kappa shape index (κ1) is 17.0. The summed E-state index contributed by atoms with van der Waals surface area (Å²) >= 11 is 11.9. The highest BCUT2D eigenvalue weighted by Gasteiger charge is 2.15. The second-order valence-corrected chi connectivity index (χ2v) is 6.22. The van der Waals surface area contributed by atoms with E-state index in [0.717, 1.165) is 19.4 Å². The van der Waals surface area contributed by atoms with E-state index in [0.29, 0.717) is 28.1 Å². The molecule has 1 saturated heterocycles. The summed E-state index contributed by atoms with van der Waals surface area (Å²) < 4.78 is 5.53. The maximum absolute atomic E-state index is 12.2. The minimum Gasteiger partial charge on any atom is -0.376 e. The quantitative estimate of drug-likeness (QED) is 0.844. The number of hydrogen-bond donors (Lipinski definition) is 2. The number of hydrogen-bond acceptors (Lipinski definition) is 5. The summed E-state index contributed by atoms with van der Waals surface area (Å²) in [6, 6.07) is 4.84. The lowest BCUT2D eigenvalue weighted by Gasteiger charge is -2.11. The van der Waals surface area contributed by atoms with Gasteiger partial charge in [-0.25, -0.2) is 9.97 Å². The van der Waals surface area contributed by atoms with Gasteiger partial charge in [-0.1, -0.05) is 23.2 Å². The fourth-order valence-corrected chi connectivity index (χ4v) is 2.79. The van der Waals surface area contributed by atoms with Crippen LogP contribution in [0, 0.1) is 0 Å². The lowest BCUT2D eigenvalue weighted by molar-refractivity contribution is 0.102. The Morgan fingerprint density at radius 3 is 2.83 bits per heavy atom. The van der Waals surface area contributed by atoms with Gasteiger partial charge in [0.15, 0.2) is 0 Å². The van der Waals surface area contributed by atoms with E-state index >= 15 is 0 Å². The van der Waals surface area contributed by atoms with E-state index in [-0.39, 0.29) is 11.8 Å². The monoisotopic (exact) mass is 366 g/mol. The molecule has 2 N–H and O–H groups in total. The maximum atomic E-state index is 12.2. The summed E-state index contributed by atoms with van der Waals surface area (Å²) in [6.45, 7) is 1.49. The molecule has 1 aromatic carbocycles. The summed E-state index contributed by atoms with van der Waals surface area (Å²) in [4.78, 5) is 20.5. The van der Waals surface area contributed by atoms with Crippen LogP contribution in [0.2, 0.25) is 10.0 Å². The van der Waals surface area contributed by atoms with Gasteiger partial charge in [0.2, 0.25) is 0 Å². The topological polar surface area (TPSA) is 76.1 Å². The van der Waals surface area contributed by atoms with E-state index in [1.54, 1.807) is 18.2 Å². The van der Waals surface area contributed by atoms with Crippen LogP contribution in [-0.4, -0.2) is 35.1 Å². The van der Waals surface area contributed by atoms with Gasteiger partial charge < -0.3 is 15.4 Å². The van der Waals surface area contributed by atoms with Crippen LogP contribution in [0.5, 0.6) is 0 Å². The largest absolute Gasteiger partial charge is 0.376 e. The normalized spacial score (nSPS) is 16.8. The van der Waals surface area contributed by atoms with Gasteiger partial charge in [-0.2, -0.15) is 0 Å². The second-order valence-electron chi connectivity index (χ2n) is 5.38. The number of nitrogens with zero attached hydrogens (tertiary/aromatic N) is 2. The van der Waals surface area contributed by atoms with Crippen LogP contribution >= 0.6 is 23.2 Å². The van der Waals surface area contributed by atoms with Gasteiger partial charge >= 0.3 is 0 Å². The molecule has 8 heteroatoms. The highest BCUT2D eigenvalue weighted by Crippen LogP contribution is 2.25. The summed E-state index contributed by atoms with van der Waals surface area (Å²) in [5.41, 5.74) is 0.664. The van der Waals surface area contributed by atoms with E-state index in [1.165, 1.54) is 12.4 Å². The van der Waals surface area contributed by atoms with Crippen molar-refractivity contribution in [1.82, 2.24) is 9.97 Å². The van der Waals surface area contributed by atoms with E-state index in [1.807, 2.05) is 0 Å². The molecule has 126 valence electrons. The lowest BCUT2D eigenvalue weighted by Crippen LogP contribution is -2.19. The van der Waals surface area contributed by atoms with E-state index < -0.39 is 5.91 Å². The summed E-state index contributed by atoms with van der Waals surface area (Å²) in [5, 5.41) is 6.69. The van der Waals surface area contributed by atoms with Gasteiger partial charge in [-0.3, -0.25) is 4.79 Å². The van der Waals surface area contributed by atoms with Gasteiger partial charge in [0.05, 0.1) is 29.2 Å². The fourth-order valence-electron chi connectivity index (χ4n) is 2.34. The van der Waals surface area contributed by atoms with Crippen molar-refractivity contribution >= 4 is 40.6 Å². The van der Waals surface area contributed by atoms with Crippen molar-refractivity contribution < 1.29 is 9.53 Å². The Morgan fingerprint density at radius 1 is 1.29 bits per heavy atom. The number of benzene rings is 1. The fraction of sp³-hybridized carbons (Fsp3) is 0.312. The number of anilines is 2. The molecule has 2 aromatic rings. The average molecular weight is 367 g/mol. The zero-order valence-corrected chi connectivity index (χ0v) is 14.3. The highest BCUT2D eigenvalue weighted by molar-refractivity contribution is 6.36. The van der Waals surface area contributed by atoms with Crippen LogP contribution in [0.25, 0.3) is 0 Å². The Bertz CT molecular complexity index is 719. The predicted molar refractivity (Wildman–Crippen MR) is 93.9 cm³/mol. The number of carbonyl (C=O) groups excluding carboxylic acids is 1. The smallest absolute Gasteiger partial charge is 0.275 e. The molecule has 1 aromatic heterocycles. The van der Waals surface area contributed by atoms with Gasteiger partial charge in [0.25, 0.3) is 5.91 Å². The molecule has 1 fully saturated rings. The molecule has 0 bridgehead atoms. The van der Waals surface area contributed by atoms with E-state index in [9.17, 15) is 4.79 Å². The van der Waals surface area contributed by atoms with Crippen molar-refractivity contribution in [3.05, 3.63) is 46.3 Å². The number of aromatic nitrogens is 2. The molecule has 1 aliphatic rings. The number of carbonyl (C=O) groups is 1. The molecule has 0 aliphatic carbocycles. The maximum Gasteiger partial charge on any atom is 0.275 e. The minimum absolute atomic E-state index is 0.198. The Hall–Kier alpha value is -1.89. The van der Waals surface area contributed by atoms with Gasteiger partial charge in [-0.15, -0.1) is 0 Å². The summed E-state index contributed by atoms with van der Waals surface area (Å²) in [6.07, 6.45) is 5.28.